The summed E-state index contributed by atoms with van der Waals surface area (Å²) in [7, 11) is 1.58. The molecule has 7 heteroatoms. The summed E-state index contributed by atoms with van der Waals surface area (Å²) in [5, 5.41) is 4.58. The van der Waals surface area contributed by atoms with Crippen LogP contribution in [0.15, 0.2) is 41.5 Å². The smallest absolute Gasteiger partial charge is 0.277 e. The molecular weight excluding hydrogens is 368 g/mol. The Balaban J connectivity index is 1.86. The number of carbonyl (C=O) groups is 1. The minimum absolute atomic E-state index is 0.147. The summed E-state index contributed by atoms with van der Waals surface area (Å²) < 4.78 is 16.3. The average molecular weight is 391 g/mol. The molecule has 1 amide bonds. The Morgan fingerprint density at radius 1 is 1.19 bits per heavy atom. The topological polar surface area (TPSA) is 69.2 Å². The van der Waals surface area contributed by atoms with Crippen molar-refractivity contribution in [3.8, 4) is 17.2 Å². The molecule has 0 unspecified atom stereocenters. The van der Waals surface area contributed by atoms with Gasteiger partial charge in [-0.15, -0.1) is 0 Å². The number of nitrogens with one attached hydrogen (secondary N) is 1. The molecule has 0 fully saturated rings. The van der Waals surface area contributed by atoms with Gasteiger partial charge < -0.3 is 14.2 Å². The second-order valence-corrected chi connectivity index (χ2v) is 6.16. The number of nitrogens with zero attached hydrogens (tertiary/aromatic N) is 1. The normalized spacial score (nSPS) is 10.7. The van der Waals surface area contributed by atoms with Gasteiger partial charge in [0, 0.05) is 5.02 Å². The molecule has 6 nitrogen and oxygen atoms in total. The number of aryl methyl sites for hydroxylation is 1. The van der Waals surface area contributed by atoms with Crippen molar-refractivity contribution in [3.05, 3.63) is 52.5 Å². The number of ether oxygens (including phenoxy) is 3. The predicted molar refractivity (Wildman–Crippen MR) is 106 cm³/mol. The van der Waals surface area contributed by atoms with Crippen LogP contribution in [0, 0.1) is 6.92 Å². The van der Waals surface area contributed by atoms with Gasteiger partial charge in [-0.1, -0.05) is 18.5 Å². The molecule has 144 valence electrons. The summed E-state index contributed by atoms with van der Waals surface area (Å²) in [4.78, 5) is 11.8. The third-order valence-corrected chi connectivity index (χ3v) is 3.98. The first kappa shape index (κ1) is 20.6. The lowest BCUT2D eigenvalue weighted by Crippen LogP contribution is -2.24. The number of amides is 1. The number of carbonyl (C=O) groups excluding carboxylic acids is 1. The van der Waals surface area contributed by atoms with Gasteiger partial charge in [-0.05, 0) is 60.9 Å². The molecule has 0 bridgehead atoms. The minimum Gasteiger partial charge on any atom is -0.493 e. The Hall–Kier alpha value is -2.73. The van der Waals surface area contributed by atoms with Gasteiger partial charge in [0.15, 0.2) is 18.1 Å². The Labute approximate surface area is 164 Å². The largest absolute Gasteiger partial charge is 0.493 e. The molecule has 0 aliphatic carbocycles. The highest BCUT2D eigenvalue weighted by molar-refractivity contribution is 6.31. The monoisotopic (exact) mass is 390 g/mol. The minimum atomic E-state index is -0.367. The van der Waals surface area contributed by atoms with E-state index in [1.165, 1.54) is 6.21 Å². The quantitative estimate of drug-likeness (QED) is 0.519. The number of benzene rings is 2. The van der Waals surface area contributed by atoms with Crippen molar-refractivity contribution in [2.24, 2.45) is 5.10 Å². The van der Waals surface area contributed by atoms with E-state index in [-0.39, 0.29) is 12.5 Å². The van der Waals surface area contributed by atoms with Gasteiger partial charge in [-0.3, -0.25) is 4.79 Å². The molecule has 0 heterocycles. The van der Waals surface area contributed by atoms with E-state index in [4.69, 9.17) is 25.8 Å². The number of hydrogen-bond acceptors (Lipinski definition) is 5. The van der Waals surface area contributed by atoms with Gasteiger partial charge in [-0.25, -0.2) is 5.43 Å². The fraction of sp³-hybridized carbons (Fsp3) is 0.300. The number of halogens is 1. The molecular formula is C20H23ClN2O4. The van der Waals surface area contributed by atoms with E-state index in [0.717, 1.165) is 17.5 Å². The lowest BCUT2D eigenvalue weighted by Gasteiger charge is -2.10. The molecule has 1 N–H and O–H groups in total. The van der Waals surface area contributed by atoms with Crippen molar-refractivity contribution in [2.45, 2.75) is 20.3 Å². The van der Waals surface area contributed by atoms with Gasteiger partial charge in [0.05, 0.1) is 19.9 Å². The molecule has 27 heavy (non-hydrogen) atoms. The first-order valence-electron chi connectivity index (χ1n) is 8.55. The molecule has 2 aromatic rings. The highest BCUT2D eigenvalue weighted by atomic mass is 35.5. The van der Waals surface area contributed by atoms with Gasteiger partial charge in [0.2, 0.25) is 0 Å². The molecule has 0 aliphatic rings. The summed E-state index contributed by atoms with van der Waals surface area (Å²) in [6.45, 7) is 4.37. The second kappa shape index (κ2) is 10.4. The van der Waals surface area contributed by atoms with Crippen molar-refractivity contribution in [1.29, 1.82) is 0 Å². The molecule has 2 rings (SSSR count). The molecule has 2 aromatic carbocycles. The van der Waals surface area contributed by atoms with Crippen LogP contribution in [-0.2, 0) is 4.79 Å². The van der Waals surface area contributed by atoms with Crippen LogP contribution in [0.4, 0.5) is 0 Å². The van der Waals surface area contributed by atoms with E-state index in [1.807, 2.05) is 26.0 Å². The third-order valence-electron chi connectivity index (χ3n) is 3.55. The van der Waals surface area contributed by atoms with Gasteiger partial charge in [0.25, 0.3) is 5.91 Å². The number of hydrogen-bond donors (Lipinski definition) is 1. The van der Waals surface area contributed by atoms with Crippen LogP contribution in [0.2, 0.25) is 5.02 Å². The first-order valence-corrected chi connectivity index (χ1v) is 8.93. The average Bonchev–Trinajstić information content (AvgIpc) is 2.67. The maximum absolute atomic E-state index is 11.8. The summed E-state index contributed by atoms with van der Waals surface area (Å²) in [6.07, 6.45) is 2.44. The van der Waals surface area contributed by atoms with Crippen LogP contribution in [0.25, 0.3) is 0 Å². The summed E-state index contributed by atoms with van der Waals surface area (Å²) in [6, 6.07) is 10.6. The number of methoxy groups -OCH3 is 1. The Kier molecular flexibility index (Phi) is 7.95. The first-order chi connectivity index (χ1) is 13.0. The zero-order valence-corrected chi connectivity index (χ0v) is 16.4. The Morgan fingerprint density at radius 2 is 2.00 bits per heavy atom. The van der Waals surface area contributed by atoms with E-state index in [2.05, 4.69) is 10.5 Å². The van der Waals surface area contributed by atoms with Crippen LogP contribution in [0.1, 0.15) is 24.5 Å². The lowest BCUT2D eigenvalue weighted by molar-refractivity contribution is -0.123. The molecule has 0 saturated heterocycles. The molecule has 0 atom stereocenters. The van der Waals surface area contributed by atoms with E-state index >= 15 is 0 Å². The van der Waals surface area contributed by atoms with Crippen LogP contribution in [0.5, 0.6) is 17.2 Å². The molecule has 0 aromatic heterocycles. The van der Waals surface area contributed by atoms with Crippen molar-refractivity contribution in [2.75, 3.05) is 20.3 Å². The molecule has 0 aliphatic heterocycles. The van der Waals surface area contributed by atoms with Crippen LogP contribution >= 0.6 is 11.6 Å². The van der Waals surface area contributed by atoms with Gasteiger partial charge >= 0.3 is 0 Å². The van der Waals surface area contributed by atoms with E-state index < -0.39 is 0 Å². The molecule has 0 saturated carbocycles. The van der Waals surface area contributed by atoms with Crippen LogP contribution in [0.3, 0.4) is 0 Å². The third kappa shape index (κ3) is 6.49. The summed E-state index contributed by atoms with van der Waals surface area (Å²) in [5.41, 5.74) is 4.07. The SMILES string of the molecule is CCCOc1ccc(/C=N/NC(=O)COc2ccc(Cl)c(C)c2)cc1OC. The number of hydrazone groups is 1. The zero-order valence-electron chi connectivity index (χ0n) is 15.6. The zero-order chi connectivity index (χ0) is 19.6. The Morgan fingerprint density at radius 3 is 2.70 bits per heavy atom. The highest BCUT2D eigenvalue weighted by Crippen LogP contribution is 2.27. The van der Waals surface area contributed by atoms with E-state index in [9.17, 15) is 4.79 Å². The maximum atomic E-state index is 11.8. The van der Waals surface area contributed by atoms with Crippen molar-refractivity contribution < 1.29 is 19.0 Å². The van der Waals surface area contributed by atoms with Crippen molar-refractivity contribution in [1.82, 2.24) is 5.43 Å². The van der Waals surface area contributed by atoms with E-state index in [0.29, 0.717) is 28.9 Å². The van der Waals surface area contributed by atoms with Gasteiger partial charge in [-0.2, -0.15) is 5.10 Å². The summed E-state index contributed by atoms with van der Waals surface area (Å²) >= 11 is 5.96. The fourth-order valence-corrected chi connectivity index (χ4v) is 2.28. The maximum Gasteiger partial charge on any atom is 0.277 e. The molecule has 0 spiro atoms. The Bertz CT molecular complexity index is 809. The second-order valence-electron chi connectivity index (χ2n) is 5.75. The summed E-state index contributed by atoms with van der Waals surface area (Å²) in [5.74, 6) is 1.49. The van der Waals surface area contributed by atoms with E-state index in [1.54, 1.807) is 31.4 Å². The standard InChI is InChI=1S/C20H23ClN2O4/c1-4-9-26-18-8-5-15(11-19(18)25-3)12-22-23-20(24)13-27-16-6-7-17(21)14(2)10-16/h5-8,10-12H,4,9,13H2,1-3H3,(H,23,24)/b22-12+. The predicted octanol–water partition coefficient (Wildman–Crippen LogP) is 3.97. The molecule has 0 radical (unpaired) electrons. The highest BCUT2D eigenvalue weighted by Gasteiger charge is 2.05. The van der Waals surface area contributed by atoms with Crippen molar-refractivity contribution >= 4 is 23.7 Å². The number of rotatable bonds is 9. The van der Waals surface area contributed by atoms with Gasteiger partial charge in [0.1, 0.15) is 5.75 Å². The van der Waals surface area contributed by atoms with Crippen molar-refractivity contribution in [3.63, 3.8) is 0 Å². The lowest BCUT2D eigenvalue weighted by atomic mass is 10.2. The van der Waals surface area contributed by atoms with Crippen LogP contribution in [-0.4, -0.2) is 32.4 Å². The fourth-order valence-electron chi connectivity index (χ4n) is 2.16. The van der Waals surface area contributed by atoms with Crippen LogP contribution < -0.4 is 19.6 Å².